The minimum atomic E-state index is -0.116. The summed E-state index contributed by atoms with van der Waals surface area (Å²) in [6.07, 6.45) is 11.9. The maximum absolute atomic E-state index is 6.74. The fourth-order valence-electron chi connectivity index (χ4n) is 5.87. The SMILES string of the molecule is Clc1cc(C2=CC(c3ccc(-n4c5ccccc5c5ccncc54)nc3)=CC(c3ccccn3)N2)cc2ccccc12. The van der Waals surface area contributed by atoms with Gasteiger partial charge in [0.15, 0.2) is 0 Å². The zero-order valence-electron chi connectivity index (χ0n) is 22.4. The molecule has 200 valence electrons. The van der Waals surface area contributed by atoms with Crippen LogP contribution in [0.4, 0.5) is 0 Å². The summed E-state index contributed by atoms with van der Waals surface area (Å²) < 4.78 is 2.17. The molecule has 1 aliphatic rings. The van der Waals surface area contributed by atoms with E-state index in [2.05, 4.69) is 86.6 Å². The first-order chi connectivity index (χ1) is 20.7. The van der Waals surface area contributed by atoms with Gasteiger partial charge in [-0.2, -0.15) is 0 Å². The molecule has 8 rings (SSSR count). The molecule has 0 radical (unpaired) electrons. The molecule has 6 heteroatoms. The summed E-state index contributed by atoms with van der Waals surface area (Å²) in [7, 11) is 0. The van der Waals surface area contributed by atoms with Gasteiger partial charge in [0.05, 0.1) is 29.0 Å². The molecule has 0 spiro atoms. The number of hydrogen-bond donors (Lipinski definition) is 1. The van der Waals surface area contributed by atoms with Gasteiger partial charge in [0.2, 0.25) is 0 Å². The largest absolute Gasteiger partial charge is 0.373 e. The Morgan fingerprint density at radius 3 is 2.38 bits per heavy atom. The van der Waals surface area contributed by atoms with Gasteiger partial charge in [-0.1, -0.05) is 60.1 Å². The van der Waals surface area contributed by atoms with E-state index >= 15 is 0 Å². The fourth-order valence-corrected chi connectivity index (χ4v) is 6.16. The van der Waals surface area contributed by atoms with Gasteiger partial charge < -0.3 is 5.32 Å². The second kappa shape index (κ2) is 9.98. The first kappa shape index (κ1) is 24.5. The average Bonchev–Trinajstić information content (AvgIpc) is 3.39. The standard InChI is InChI=1S/C36H24ClN5/c37-30-18-26(17-23-7-1-2-8-27(23)30)32-19-25(20-33(41-32)31-10-5-6-15-39-31)24-12-13-36(40-21-24)42-34-11-4-3-9-28(34)29-14-16-38-22-35(29)42/h1-22,33,41H. The van der Waals surface area contributed by atoms with Crippen LogP contribution in [0.3, 0.4) is 0 Å². The van der Waals surface area contributed by atoms with E-state index in [1.807, 2.05) is 67.3 Å². The number of dihydropyridines is 1. The number of nitrogens with zero attached hydrogens (tertiary/aromatic N) is 4. The predicted molar refractivity (Wildman–Crippen MR) is 171 cm³/mol. The van der Waals surface area contributed by atoms with Crippen molar-refractivity contribution in [1.29, 1.82) is 0 Å². The van der Waals surface area contributed by atoms with Gasteiger partial charge in [-0.25, -0.2) is 4.98 Å². The Labute approximate surface area is 247 Å². The van der Waals surface area contributed by atoms with E-state index in [0.717, 1.165) is 66.1 Å². The number of rotatable bonds is 4. The first-order valence-corrected chi connectivity index (χ1v) is 14.2. The second-order valence-corrected chi connectivity index (χ2v) is 10.8. The fraction of sp³-hybridized carbons (Fsp3) is 0.0278. The zero-order chi connectivity index (χ0) is 28.0. The Hall–Kier alpha value is -5.26. The third-order valence-corrected chi connectivity index (χ3v) is 8.18. The van der Waals surface area contributed by atoms with Crippen LogP contribution < -0.4 is 5.32 Å². The Bertz CT molecular complexity index is 2130. The first-order valence-electron chi connectivity index (χ1n) is 13.8. The molecular weight excluding hydrogens is 538 g/mol. The highest BCUT2D eigenvalue weighted by atomic mass is 35.5. The van der Waals surface area contributed by atoms with Crippen molar-refractivity contribution < 1.29 is 0 Å². The molecule has 4 aromatic heterocycles. The monoisotopic (exact) mass is 561 g/mol. The van der Waals surface area contributed by atoms with E-state index in [-0.39, 0.29) is 6.04 Å². The number of nitrogens with one attached hydrogen (secondary N) is 1. The van der Waals surface area contributed by atoms with Crippen molar-refractivity contribution in [2.45, 2.75) is 6.04 Å². The van der Waals surface area contributed by atoms with Crippen LogP contribution in [0.15, 0.2) is 134 Å². The summed E-state index contributed by atoms with van der Waals surface area (Å²) in [5.41, 5.74) is 7.16. The van der Waals surface area contributed by atoms with Crippen LogP contribution in [-0.4, -0.2) is 19.5 Å². The molecule has 1 unspecified atom stereocenters. The summed E-state index contributed by atoms with van der Waals surface area (Å²) >= 11 is 6.74. The Morgan fingerprint density at radius 1 is 0.690 bits per heavy atom. The van der Waals surface area contributed by atoms with Gasteiger partial charge in [0.25, 0.3) is 0 Å². The second-order valence-electron chi connectivity index (χ2n) is 10.4. The van der Waals surface area contributed by atoms with Crippen molar-refractivity contribution in [1.82, 2.24) is 24.8 Å². The van der Waals surface area contributed by atoms with Crippen molar-refractivity contribution in [3.63, 3.8) is 0 Å². The molecule has 0 amide bonds. The van der Waals surface area contributed by atoms with Crippen molar-refractivity contribution >= 4 is 55.4 Å². The van der Waals surface area contributed by atoms with Gasteiger partial charge in [0, 0.05) is 51.0 Å². The van der Waals surface area contributed by atoms with Gasteiger partial charge in [-0.05, 0) is 77.2 Å². The minimum Gasteiger partial charge on any atom is -0.373 e. The smallest absolute Gasteiger partial charge is 0.137 e. The van der Waals surface area contributed by atoms with Crippen molar-refractivity contribution in [3.8, 4) is 5.82 Å². The van der Waals surface area contributed by atoms with Gasteiger partial charge in [-0.3, -0.25) is 14.5 Å². The number of aromatic nitrogens is 4. The number of benzene rings is 3. The normalized spacial score (nSPS) is 15.0. The maximum atomic E-state index is 6.74. The number of allylic oxidation sites excluding steroid dienone is 2. The predicted octanol–water partition coefficient (Wildman–Crippen LogP) is 8.54. The minimum absolute atomic E-state index is 0.116. The third kappa shape index (κ3) is 4.14. The lowest BCUT2D eigenvalue weighted by atomic mass is 9.95. The number of para-hydroxylation sites is 1. The number of halogens is 1. The summed E-state index contributed by atoms with van der Waals surface area (Å²) in [6, 6.07) is 32.9. The van der Waals surface area contributed by atoms with E-state index < -0.39 is 0 Å². The summed E-state index contributed by atoms with van der Waals surface area (Å²) in [4.78, 5) is 14.0. The highest BCUT2D eigenvalue weighted by Gasteiger charge is 2.20. The van der Waals surface area contributed by atoms with Crippen molar-refractivity contribution in [3.05, 3.63) is 156 Å². The highest BCUT2D eigenvalue weighted by molar-refractivity contribution is 6.35. The highest BCUT2D eigenvalue weighted by Crippen LogP contribution is 2.35. The molecule has 0 saturated carbocycles. The molecule has 0 aliphatic carbocycles. The Morgan fingerprint density at radius 2 is 1.52 bits per heavy atom. The van der Waals surface area contributed by atoms with Crippen LogP contribution in [0.5, 0.6) is 0 Å². The van der Waals surface area contributed by atoms with Crippen molar-refractivity contribution in [2.75, 3.05) is 0 Å². The van der Waals surface area contributed by atoms with E-state index in [1.54, 1.807) is 0 Å². The number of hydrogen-bond acceptors (Lipinski definition) is 4. The Balaban J connectivity index is 1.24. The van der Waals surface area contributed by atoms with E-state index in [0.29, 0.717) is 0 Å². The van der Waals surface area contributed by atoms with Crippen molar-refractivity contribution in [2.24, 2.45) is 0 Å². The zero-order valence-corrected chi connectivity index (χ0v) is 23.2. The van der Waals surface area contributed by atoms with Crippen LogP contribution in [0, 0.1) is 0 Å². The van der Waals surface area contributed by atoms with Gasteiger partial charge in [0.1, 0.15) is 5.82 Å². The van der Waals surface area contributed by atoms with Crippen LogP contribution in [-0.2, 0) is 0 Å². The van der Waals surface area contributed by atoms with Crippen LogP contribution in [0.1, 0.15) is 22.9 Å². The topological polar surface area (TPSA) is 55.6 Å². The van der Waals surface area contributed by atoms with Gasteiger partial charge >= 0.3 is 0 Å². The summed E-state index contributed by atoms with van der Waals surface area (Å²) in [6.45, 7) is 0. The number of pyridine rings is 3. The molecule has 0 bridgehead atoms. The molecule has 1 aliphatic heterocycles. The average molecular weight is 562 g/mol. The molecule has 1 atom stereocenters. The third-order valence-electron chi connectivity index (χ3n) is 7.87. The maximum Gasteiger partial charge on any atom is 0.137 e. The van der Waals surface area contributed by atoms with Gasteiger partial charge in [-0.15, -0.1) is 0 Å². The molecule has 0 saturated heterocycles. The molecule has 0 fully saturated rings. The lowest BCUT2D eigenvalue weighted by Gasteiger charge is -2.25. The Kier molecular flexibility index (Phi) is 5.83. The van der Waals surface area contributed by atoms with E-state index in [9.17, 15) is 0 Å². The molecule has 1 N–H and O–H groups in total. The molecule has 5 nitrogen and oxygen atoms in total. The van der Waals surface area contributed by atoms with E-state index in [1.165, 1.54) is 5.39 Å². The molecular formula is C36H24ClN5. The van der Waals surface area contributed by atoms with Crippen LogP contribution in [0.25, 0.3) is 49.7 Å². The molecule has 42 heavy (non-hydrogen) atoms. The molecule has 7 aromatic rings. The number of fused-ring (bicyclic) bond motifs is 4. The molecule has 5 heterocycles. The van der Waals surface area contributed by atoms with E-state index in [4.69, 9.17) is 16.6 Å². The lowest BCUT2D eigenvalue weighted by molar-refractivity contribution is 0.739. The van der Waals surface area contributed by atoms with Crippen LogP contribution in [0.2, 0.25) is 5.02 Å². The molecule has 3 aromatic carbocycles. The lowest BCUT2D eigenvalue weighted by Crippen LogP contribution is -2.22. The summed E-state index contributed by atoms with van der Waals surface area (Å²) in [5, 5.41) is 8.89. The van der Waals surface area contributed by atoms with Crippen LogP contribution >= 0.6 is 11.6 Å². The summed E-state index contributed by atoms with van der Waals surface area (Å²) in [5.74, 6) is 0.847. The quantitative estimate of drug-likeness (QED) is 0.234.